The molecule has 3 unspecified atom stereocenters. The molecule has 0 amide bonds. The molecule has 0 saturated heterocycles. The van der Waals surface area contributed by atoms with Gasteiger partial charge in [-0.15, -0.1) is 12.3 Å². The number of hydrogen-bond acceptors (Lipinski definition) is 3. The zero-order chi connectivity index (χ0) is 10.6. The molecule has 0 aromatic carbocycles. The molecule has 0 fully saturated rings. The van der Waals surface area contributed by atoms with Crippen molar-refractivity contribution in [3.63, 3.8) is 0 Å². The van der Waals surface area contributed by atoms with E-state index in [-0.39, 0.29) is 11.5 Å². The van der Waals surface area contributed by atoms with Gasteiger partial charge in [0, 0.05) is 5.92 Å². The summed E-state index contributed by atoms with van der Waals surface area (Å²) >= 11 is 0. The Balaban J connectivity index is 2.63. The van der Waals surface area contributed by atoms with Crippen molar-refractivity contribution >= 4 is 12.6 Å². The predicted octanol–water partition coefficient (Wildman–Crippen LogP) is 2.08. The van der Waals surface area contributed by atoms with Gasteiger partial charge in [-0.1, -0.05) is 19.0 Å². The van der Waals surface area contributed by atoms with E-state index in [2.05, 4.69) is 27.8 Å². The first kappa shape index (κ1) is 10.8. The molecule has 0 aromatic rings. The number of oxime groups is 1. The van der Waals surface area contributed by atoms with Crippen LogP contribution in [0.5, 0.6) is 0 Å². The molecule has 1 aliphatic heterocycles. The lowest BCUT2D eigenvalue weighted by atomic mass is 9.82. The maximum absolute atomic E-state index is 5.35. The molecule has 0 aliphatic carbocycles. The molecular weight excluding hydrogens is 176 g/mol. The highest BCUT2D eigenvalue weighted by atomic mass is 16.6. The van der Waals surface area contributed by atoms with E-state index in [1.165, 1.54) is 6.40 Å². The number of nitrogens with zero attached hydrogens (tertiary/aromatic N) is 2. The van der Waals surface area contributed by atoms with Crippen molar-refractivity contribution in [2.75, 3.05) is 0 Å². The van der Waals surface area contributed by atoms with Gasteiger partial charge in [-0.25, -0.2) is 4.99 Å². The third kappa shape index (κ3) is 2.35. The van der Waals surface area contributed by atoms with Crippen LogP contribution < -0.4 is 0 Å². The average molecular weight is 192 g/mol. The standard InChI is InChI=1S/C11H16N2O/c1-5-9(2)6-10(3)11(4)7-13-14-8-12-11/h1,7-10H,6H2,2-4H3. The second kappa shape index (κ2) is 4.28. The van der Waals surface area contributed by atoms with Crippen LogP contribution in [0, 0.1) is 24.2 Å². The topological polar surface area (TPSA) is 34.0 Å². The fourth-order valence-corrected chi connectivity index (χ4v) is 1.43. The Morgan fingerprint density at radius 1 is 1.57 bits per heavy atom. The summed E-state index contributed by atoms with van der Waals surface area (Å²) in [7, 11) is 0. The van der Waals surface area contributed by atoms with Gasteiger partial charge < -0.3 is 4.84 Å². The number of rotatable bonds is 3. The Hall–Kier alpha value is -1.30. The van der Waals surface area contributed by atoms with E-state index in [0.717, 1.165) is 6.42 Å². The molecule has 14 heavy (non-hydrogen) atoms. The van der Waals surface area contributed by atoms with Crippen LogP contribution in [-0.2, 0) is 4.84 Å². The third-order valence-electron chi connectivity index (χ3n) is 2.74. The molecule has 1 rings (SSSR count). The molecule has 3 heteroatoms. The summed E-state index contributed by atoms with van der Waals surface area (Å²) in [5.74, 6) is 3.35. The molecule has 1 heterocycles. The second-order valence-corrected chi connectivity index (χ2v) is 4.00. The maximum atomic E-state index is 5.35. The normalized spacial score (nSPS) is 29.0. The Kier molecular flexibility index (Phi) is 3.29. The molecule has 3 nitrogen and oxygen atoms in total. The fraction of sp³-hybridized carbons (Fsp3) is 0.636. The van der Waals surface area contributed by atoms with Crippen molar-refractivity contribution in [2.45, 2.75) is 32.7 Å². The molecule has 3 atom stereocenters. The van der Waals surface area contributed by atoms with Crippen molar-refractivity contribution in [1.29, 1.82) is 0 Å². The summed E-state index contributed by atoms with van der Waals surface area (Å²) in [6.07, 6.45) is 9.41. The van der Waals surface area contributed by atoms with Crippen LogP contribution in [0.1, 0.15) is 27.2 Å². The summed E-state index contributed by atoms with van der Waals surface area (Å²) in [5.41, 5.74) is -0.274. The predicted molar refractivity (Wildman–Crippen MR) is 58.3 cm³/mol. The van der Waals surface area contributed by atoms with Gasteiger partial charge in [0.15, 0.2) is 0 Å². The molecule has 1 aliphatic rings. The zero-order valence-electron chi connectivity index (χ0n) is 8.90. The zero-order valence-corrected chi connectivity index (χ0v) is 8.90. The highest BCUT2D eigenvalue weighted by Gasteiger charge is 2.31. The molecular formula is C11H16N2O. The molecule has 0 radical (unpaired) electrons. The lowest BCUT2D eigenvalue weighted by Gasteiger charge is -2.29. The first-order valence-electron chi connectivity index (χ1n) is 4.78. The fourth-order valence-electron chi connectivity index (χ4n) is 1.43. The molecule has 0 bridgehead atoms. The van der Waals surface area contributed by atoms with Gasteiger partial charge in [0.2, 0.25) is 6.40 Å². The van der Waals surface area contributed by atoms with Crippen LogP contribution in [0.25, 0.3) is 0 Å². The molecule has 0 spiro atoms. The molecule has 0 saturated carbocycles. The Labute approximate surface area is 85.2 Å². The Bertz CT molecular complexity index is 276. The van der Waals surface area contributed by atoms with E-state index in [1.54, 1.807) is 6.21 Å². The van der Waals surface area contributed by atoms with Crippen molar-refractivity contribution in [1.82, 2.24) is 0 Å². The second-order valence-electron chi connectivity index (χ2n) is 4.00. The van der Waals surface area contributed by atoms with Gasteiger partial charge in [0.05, 0.1) is 6.21 Å². The number of terminal acetylenes is 1. The summed E-state index contributed by atoms with van der Waals surface area (Å²) in [4.78, 5) is 8.97. The van der Waals surface area contributed by atoms with Crippen molar-refractivity contribution in [3.8, 4) is 12.3 Å². The minimum absolute atomic E-state index is 0.272. The van der Waals surface area contributed by atoms with E-state index in [0.29, 0.717) is 5.92 Å². The SMILES string of the molecule is C#CC(C)CC(C)C1(C)C=NOC=N1. The van der Waals surface area contributed by atoms with Crippen molar-refractivity contribution < 1.29 is 4.84 Å². The van der Waals surface area contributed by atoms with Crippen molar-refractivity contribution in [3.05, 3.63) is 0 Å². The Morgan fingerprint density at radius 2 is 2.29 bits per heavy atom. The van der Waals surface area contributed by atoms with Crippen LogP contribution in [-0.4, -0.2) is 18.2 Å². The Morgan fingerprint density at radius 3 is 2.79 bits per heavy atom. The van der Waals surface area contributed by atoms with Gasteiger partial charge in [-0.2, -0.15) is 0 Å². The number of aliphatic imine (C=N–C) groups is 1. The van der Waals surface area contributed by atoms with Crippen molar-refractivity contribution in [2.24, 2.45) is 22.0 Å². The monoisotopic (exact) mass is 192 g/mol. The summed E-state index contributed by atoms with van der Waals surface area (Å²) in [5, 5.41) is 3.76. The van der Waals surface area contributed by atoms with E-state index < -0.39 is 0 Å². The summed E-state index contributed by atoms with van der Waals surface area (Å²) < 4.78 is 0. The van der Waals surface area contributed by atoms with E-state index >= 15 is 0 Å². The van der Waals surface area contributed by atoms with E-state index in [4.69, 9.17) is 6.42 Å². The van der Waals surface area contributed by atoms with Crippen LogP contribution in [0.3, 0.4) is 0 Å². The molecule has 76 valence electrons. The smallest absolute Gasteiger partial charge is 0.208 e. The van der Waals surface area contributed by atoms with Crippen LogP contribution in [0.15, 0.2) is 10.1 Å². The first-order valence-corrected chi connectivity index (χ1v) is 4.78. The summed E-state index contributed by atoms with van der Waals surface area (Å²) in [6, 6.07) is 0. The van der Waals surface area contributed by atoms with Gasteiger partial charge in [0.25, 0.3) is 0 Å². The highest BCUT2D eigenvalue weighted by Crippen LogP contribution is 2.27. The van der Waals surface area contributed by atoms with Crippen LogP contribution in [0.2, 0.25) is 0 Å². The van der Waals surface area contributed by atoms with Gasteiger partial charge >= 0.3 is 0 Å². The van der Waals surface area contributed by atoms with Crippen LogP contribution >= 0.6 is 0 Å². The maximum Gasteiger partial charge on any atom is 0.208 e. The van der Waals surface area contributed by atoms with E-state index in [1.807, 2.05) is 13.8 Å². The average Bonchev–Trinajstić information content (AvgIpc) is 2.18. The van der Waals surface area contributed by atoms with Crippen LogP contribution in [0.4, 0.5) is 0 Å². The molecule has 0 N–H and O–H groups in total. The first-order chi connectivity index (χ1) is 6.58. The minimum atomic E-state index is -0.274. The van der Waals surface area contributed by atoms with Gasteiger partial charge in [-0.05, 0) is 19.3 Å². The van der Waals surface area contributed by atoms with Gasteiger partial charge in [-0.3, -0.25) is 0 Å². The lowest BCUT2D eigenvalue weighted by Crippen LogP contribution is -2.35. The highest BCUT2D eigenvalue weighted by molar-refractivity contribution is 5.74. The van der Waals surface area contributed by atoms with Gasteiger partial charge in [0.1, 0.15) is 5.54 Å². The molecule has 0 aromatic heterocycles. The minimum Gasteiger partial charge on any atom is -0.345 e. The summed E-state index contributed by atoms with van der Waals surface area (Å²) in [6.45, 7) is 6.20. The largest absolute Gasteiger partial charge is 0.345 e. The number of hydrogen-bond donors (Lipinski definition) is 0. The lowest BCUT2D eigenvalue weighted by molar-refractivity contribution is 0.294. The quantitative estimate of drug-likeness (QED) is 0.630. The third-order valence-corrected chi connectivity index (χ3v) is 2.74. The van der Waals surface area contributed by atoms with E-state index in [9.17, 15) is 0 Å².